The standard InChI is InChI=1S/C35H52F2O/c1-3-5-7-8-9-10-11-13-27-38-33-26-25-32(34(36)35(33)37)31-23-21-30(22-24-31)20-19-29-17-15-28(16-18-29)14-12-6-4-2/h21-26,28-29H,3-20,27H2,1-2H3. The van der Waals surface area contributed by atoms with Crippen LogP contribution >= 0.6 is 0 Å². The van der Waals surface area contributed by atoms with E-state index >= 15 is 0 Å². The highest BCUT2D eigenvalue weighted by Gasteiger charge is 2.21. The predicted octanol–water partition coefficient (Wildman–Crippen LogP) is 11.5. The molecule has 3 rings (SSSR count). The van der Waals surface area contributed by atoms with Crippen LogP contribution < -0.4 is 4.74 Å². The smallest absolute Gasteiger partial charge is 0.201 e. The van der Waals surface area contributed by atoms with E-state index in [1.807, 2.05) is 12.1 Å². The highest BCUT2D eigenvalue weighted by Crippen LogP contribution is 2.35. The lowest BCUT2D eigenvalue weighted by molar-refractivity contribution is 0.249. The molecule has 1 aliphatic carbocycles. The van der Waals surface area contributed by atoms with Gasteiger partial charge in [-0.15, -0.1) is 0 Å². The number of benzene rings is 2. The zero-order valence-corrected chi connectivity index (χ0v) is 24.2. The Kier molecular flexibility index (Phi) is 14.2. The van der Waals surface area contributed by atoms with Crippen LogP contribution in [-0.2, 0) is 6.42 Å². The molecule has 0 saturated heterocycles. The molecular formula is C35H52F2O. The lowest BCUT2D eigenvalue weighted by atomic mass is 9.78. The molecule has 0 unspecified atom stereocenters. The number of ether oxygens (including phenoxy) is 1. The van der Waals surface area contributed by atoms with Gasteiger partial charge in [-0.3, -0.25) is 0 Å². The first kappa shape index (κ1) is 30.6. The molecule has 0 amide bonds. The van der Waals surface area contributed by atoms with Crippen molar-refractivity contribution in [2.75, 3.05) is 6.61 Å². The minimum atomic E-state index is -0.878. The van der Waals surface area contributed by atoms with Gasteiger partial charge in [-0.25, -0.2) is 4.39 Å². The Labute approximate surface area is 231 Å². The van der Waals surface area contributed by atoms with E-state index in [-0.39, 0.29) is 5.75 Å². The van der Waals surface area contributed by atoms with Crippen LogP contribution in [0.4, 0.5) is 8.78 Å². The highest BCUT2D eigenvalue weighted by molar-refractivity contribution is 5.65. The quantitative estimate of drug-likeness (QED) is 0.175. The lowest BCUT2D eigenvalue weighted by Crippen LogP contribution is -2.15. The molecule has 0 radical (unpaired) electrons. The summed E-state index contributed by atoms with van der Waals surface area (Å²) < 4.78 is 35.2. The van der Waals surface area contributed by atoms with E-state index < -0.39 is 11.6 Å². The normalized spacial score (nSPS) is 17.6. The van der Waals surface area contributed by atoms with Gasteiger partial charge in [-0.05, 0) is 54.4 Å². The molecule has 212 valence electrons. The Hall–Kier alpha value is -1.90. The fraction of sp³-hybridized carbons (Fsp3) is 0.657. The van der Waals surface area contributed by atoms with E-state index in [0.717, 1.165) is 31.1 Å². The maximum absolute atomic E-state index is 14.9. The van der Waals surface area contributed by atoms with Crippen molar-refractivity contribution >= 4 is 0 Å². The van der Waals surface area contributed by atoms with Crippen molar-refractivity contribution in [3.8, 4) is 16.9 Å². The van der Waals surface area contributed by atoms with Crippen LogP contribution in [0.5, 0.6) is 5.75 Å². The number of rotatable bonds is 18. The molecular weight excluding hydrogens is 474 g/mol. The van der Waals surface area contributed by atoms with Gasteiger partial charge in [0, 0.05) is 5.56 Å². The van der Waals surface area contributed by atoms with Crippen LogP contribution in [0, 0.1) is 23.5 Å². The van der Waals surface area contributed by atoms with Crippen LogP contribution in [0.3, 0.4) is 0 Å². The zero-order chi connectivity index (χ0) is 27.0. The van der Waals surface area contributed by atoms with Crippen molar-refractivity contribution in [2.24, 2.45) is 11.8 Å². The van der Waals surface area contributed by atoms with Crippen molar-refractivity contribution in [1.82, 2.24) is 0 Å². The SMILES string of the molecule is CCCCCCCCCCOc1ccc(-c2ccc(CCC3CCC(CCCCC)CC3)cc2)c(F)c1F. The number of hydrogen-bond donors (Lipinski definition) is 0. The average molecular weight is 527 g/mol. The third kappa shape index (κ3) is 10.3. The number of aryl methyl sites for hydroxylation is 1. The maximum Gasteiger partial charge on any atom is 0.201 e. The summed E-state index contributed by atoms with van der Waals surface area (Å²) in [6, 6.07) is 11.2. The highest BCUT2D eigenvalue weighted by atomic mass is 19.2. The fourth-order valence-electron chi connectivity index (χ4n) is 6.00. The van der Waals surface area contributed by atoms with E-state index in [4.69, 9.17) is 4.74 Å². The minimum Gasteiger partial charge on any atom is -0.490 e. The fourth-order valence-corrected chi connectivity index (χ4v) is 6.00. The summed E-state index contributed by atoms with van der Waals surface area (Å²) in [6.07, 6.45) is 22.9. The Bertz CT molecular complexity index is 899. The number of halogens is 2. The van der Waals surface area contributed by atoms with Crippen molar-refractivity contribution < 1.29 is 13.5 Å². The number of unbranched alkanes of at least 4 members (excludes halogenated alkanes) is 9. The largest absolute Gasteiger partial charge is 0.490 e. The van der Waals surface area contributed by atoms with Gasteiger partial charge in [0.15, 0.2) is 11.6 Å². The first-order valence-corrected chi connectivity index (χ1v) is 15.8. The first-order valence-electron chi connectivity index (χ1n) is 15.8. The van der Waals surface area contributed by atoms with Crippen molar-refractivity contribution in [1.29, 1.82) is 0 Å². The molecule has 0 aromatic heterocycles. The molecule has 38 heavy (non-hydrogen) atoms. The summed E-state index contributed by atoms with van der Waals surface area (Å²) in [5.41, 5.74) is 2.30. The molecule has 0 heterocycles. The molecule has 1 saturated carbocycles. The van der Waals surface area contributed by atoms with E-state index in [0.29, 0.717) is 17.7 Å². The van der Waals surface area contributed by atoms with Gasteiger partial charge in [-0.2, -0.15) is 4.39 Å². The van der Waals surface area contributed by atoms with Crippen molar-refractivity contribution in [3.63, 3.8) is 0 Å². The van der Waals surface area contributed by atoms with E-state index in [1.54, 1.807) is 12.1 Å². The Balaban J connectivity index is 1.40. The molecule has 1 aliphatic rings. The second kappa shape index (κ2) is 17.6. The Morgan fingerprint density at radius 1 is 0.632 bits per heavy atom. The summed E-state index contributed by atoms with van der Waals surface area (Å²) in [7, 11) is 0. The summed E-state index contributed by atoms with van der Waals surface area (Å²) in [5, 5.41) is 0. The Morgan fingerprint density at radius 2 is 1.21 bits per heavy atom. The summed E-state index contributed by atoms with van der Waals surface area (Å²) in [4.78, 5) is 0. The molecule has 2 aromatic rings. The predicted molar refractivity (Wildman–Crippen MR) is 158 cm³/mol. The van der Waals surface area contributed by atoms with Crippen LogP contribution in [0.2, 0.25) is 0 Å². The van der Waals surface area contributed by atoms with Crippen LogP contribution in [0.25, 0.3) is 11.1 Å². The van der Waals surface area contributed by atoms with Gasteiger partial charge >= 0.3 is 0 Å². The second-order valence-corrected chi connectivity index (χ2v) is 11.7. The first-order chi connectivity index (χ1) is 18.6. The second-order valence-electron chi connectivity index (χ2n) is 11.7. The van der Waals surface area contributed by atoms with Crippen LogP contribution in [0.1, 0.15) is 129 Å². The van der Waals surface area contributed by atoms with Gasteiger partial charge in [-0.1, -0.05) is 134 Å². The van der Waals surface area contributed by atoms with Crippen LogP contribution in [0.15, 0.2) is 36.4 Å². The molecule has 2 aromatic carbocycles. The summed E-state index contributed by atoms with van der Waals surface area (Å²) in [5.74, 6) is 0.112. The molecule has 1 nitrogen and oxygen atoms in total. The molecule has 0 spiro atoms. The molecule has 0 aliphatic heterocycles. The van der Waals surface area contributed by atoms with E-state index in [9.17, 15) is 8.78 Å². The molecule has 0 atom stereocenters. The topological polar surface area (TPSA) is 9.23 Å². The van der Waals surface area contributed by atoms with E-state index in [1.165, 1.54) is 102 Å². The summed E-state index contributed by atoms with van der Waals surface area (Å²) in [6.45, 7) is 4.94. The van der Waals surface area contributed by atoms with Gasteiger partial charge in [0.2, 0.25) is 5.82 Å². The minimum absolute atomic E-state index is 0.0194. The average Bonchev–Trinajstić information content (AvgIpc) is 2.94. The van der Waals surface area contributed by atoms with Crippen molar-refractivity contribution in [2.45, 2.75) is 129 Å². The van der Waals surface area contributed by atoms with Crippen LogP contribution in [-0.4, -0.2) is 6.61 Å². The monoisotopic (exact) mass is 526 g/mol. The Morgan fingerprint density at radius 3 is 1.87 bits per heavy atom. The molecule has 0 N–H and O–H groups in total. The zero-order valence-electron chi connectivity index (χ0n) is 24.2. The van der Waals surface area contributed by atoms with E-state index in [2.05, 4.69) is 26.0 Å². The molecule has 0 bridgehead atoms. The van der Waals surface area contributed by atoms with Gasteiger partial charge in [0.05, 0.1) is 6.61 Å². The lowest BCUT2D eigenvalue weighted by Gasteiger charge is -2.28. The number of hydrogen-bond acceptors (Lipinski definition) is 1. The van der Waals surface area contributed by atoms with Crippen molar-refractivity contribution in [3.05, 3.63) is 53.6 Å². The third-order valence-electron chi connectivity index (χ3n) is 8.59. The molecule has 1 fully saturated rings. The van der Waals surface area contributed by atoms with Gasteiger partial charge in [0.25, 0.3) is 0 Å². The summed E-state index contributed by atoms with van der Waals surface area (Å²) >= 11 is 0. The van der Waals surface area contributed by atoms with Gasteiger partial charge < -0.3 is 4.74 Å². The third-order valence-corrected chi connectivity index (χ3v) is 8.59. The van der Waals surface area contributed by atoms with Gasteiger partial charge in [0.1, 0.15) is 0 Å². The molecule has 3 heteroatoms. The maximum atomic E-state index is 14.9.